The summed E-state index contributed by atoms with van der Waals surface area (Å²) in [6.45, 7) is 5.81. The predicted octanol–water partition coefficient (Wildman–Crippen LogP) is 3.44. The van der Waals surface area contributed by atoms with Gasteiger partial charge in [-0.3, -0.25) is 18.8 Å². The van der Waals surface area contributed by atoms with Crippen LogP contribution in [0, 0.1) is 40.9 Å². The Balaban J connectivity index is 0.961. The summed E-state index contributed by atoms with van der Waals surface area (Å²) in [5.41, 5.74) is 2.65. The van der Waals surface area contributed by atoms with Gasteiger partial charge in [0.2, 0.25) is 11.8 Å². The number of rotatable bonds is 7. The van der Waals surface area contributed by atoms with Crippen LogP contribution in [0.15, 0.2) is 24.4 Å². The minimum absolute atomic E-state index is 0.0330. The summed E-state index contributed by atoms with van der Waals surface area (Å²) in [5.74, 6) is 4.29. The van der Waals surface area contributed by atoms with E-state index in [9.17, 15) is 14.4 Å². The van der Waals surface area contributed by atoms with Crippen LogP contribution in [-0.4, -0.2) is 57.7 Å². The smallest absolute Gasteiger partial charge is 0.268 e. The van der Waals surface area contributed by atoms with Gasteiger partial charge in [0.05, 0.1) is 12.1 Å². The molecule has 1 saturated heterocycles. The fraction of sp³-hybridized carbons (Fsp3) is 0.677. The number of amides is 3. The van der Waals surface area contributed by atoms with Crippen molar-refractivity contribution in [2.45, 2.75) is 71.3 Å². The van der Waals surface area contributed by atoms with E-state index >= 15 is 0 Å². The lowest BCUT2D eigenvalue weighted by Gasteiger charge is -2.32. The van der Waals surface area contributed by atoms with Crippen molar-refractivity contribution in [2.75, 3.05) is 19.6 Å². The summed E-state index contributed by atoms with van der Waals surface area (Å²) in [6.07, 6.45) is 10.6. The van der Waals surface area contributed by atoms with Crippen LogP contribution >= 0.6 is 0 Å². The summed E-state index contributed by atoms with van der Waals surface area (Å²) in [6, 6.07) is 5.73. The van der Waals surface area contributed by atoms with Crippen molar-refractivity contribution in [2.24, 2.45) is 40.9 Å². The van der Waals surface area contributed by atoms with Crippen LogP contribution in [0.4, 0.5) is 0 Å². The van der Waals surface area contributed by atoms with E-state index in [-0.39, 0.29) is 36.1 Å². The number of fused-ring (bicyclic) bond motifs is 3. The SMILES string of the molecule is CC(C)C(=O)NC1CCN(C(=O)Cc2cn3c(C(=O)NCC4CC5CC5C56CC4CC5C6)cccc3n2)CC1. The number of pyridine rings is 1. The Hall–Kier alpha value is -2.90. The maximum Gasteiger partial charge on any atom is 0.268 e. The van der Waals surface area contributed by atoms with Crippen LogP contribution in [0.5, 0.6) is 0 Å². The molecule has 8 heteroatoms. The third-order valence-electron chi connectivity index (χ3n) is 10.8. The Morgan fingerprint density at radius 3 is 2.69 bits per heavy atom. The molecule has 0 aromatic carbocycles. The third kappa shape index (κ3) is 4.53. The lowest BCUT2D eigenvalue weighted by Crippen LogP contribution is -2.47. The van der Waals surface area contributed by atoms with Crippen molar-refractivity contribution in [3.8, 4) is 0 Å². The highest BCUT2D eigenvalue weighted by molar-refractivity contribution is 5.93. The predicted molar refractivity (Wildman–Crippen MR) is 147 cm³/mol. The van der Waals surface area contributed by atoms with Gasteiger partial charge in [0.1, 0.15) is 11.3 Å². The maximum absolute atomic E-state index is 13.3. The molecule has 3 heterocycles. The number of aromatic nitrogens is 2. The first-order chi connectivity index (χ1) is 18.8. The average Bonchev–Trinajstić information content (AvgIpc) is 3.76. The van der Waals surface area contributed by atoms with Gasteiger partial charge in [0.25, 0.3) is 5.91 Å². The third-order valence-corrected chi connectivity index (χ3v) is 10.8. The molecule has 0 radical (unpaired) electrons. The zero-order valence-corrected chi connectivity index (χ0v) is 23.2. The van der Waals surface area contributed by atoms with Gasteiger partial charge in [-0.15, -0.1) is 0 Å². The van der Waals surface area contributed by atoms with Crippen LogP contribution in [0.2, 0.25) is 0 Å². The van der Waals surface area contributed by atoms with Crippen molar-refractivity contribution < 1.29 is 14.4 Å². The van der Waals surface area contributed by atoms with Gasteiger partial charge in [-0.05, 0) is 92.1 Å². The van der Waals surface area contributed by atoms with Crippen LogP contribution in [0.25, 0.3) is 5.65 Å². The van der Waals surface area contributed by atoms with E-state index in [1.807, 2.05) is 47.5 Å². The fourth-order valence-corrected chi connectivity index (χ4v) is 8.47. The van der Waals surface area contributed by atoms with Crippen molar-refractivity contribution >= 4 is 23.4 Å². The molecular formula is C31H41N5O3. The zero-order chi connectivity index (χ0) is 26.9. The van der Waals surface area contributed by atoms with Gasteiger partial charge in [0, 0.05) is 37.8 Å². The molecule has 5 fully saturated rings. The van der Waals surface area contributed by atoms with E-state index in [4.69, 9.17) is 0 Å². The Labute approximate surface area is 230 Å². The number of nitrogens with zero attached hydrogens (tertiary/aromatic N) is 3. The van der Waals surface area contributed by atoms with E-state index in [2.05, 4.69) is 15.6 Å². The fourth-order valence-electron chi connectivity index (χ4n) is 8.47. The van der Waals surface area contributed by atoms with Gasteiger partial charge in [-0.1, -0.05) is 19.9 Å². The lowest BCUT2D eigenvalue weighted by atomic mass is 9.85. The van der Waals surface area contributed by atoms with E-state index < -0.39 is 0 Å². The van der Waals surface area contributed by atoms with Crippen molar-refractivity contribution in [1.82, 2.24) is 24.9 Å². The number of likely N-dealkylation sites (tertiary alicyclic amines) is 1. The first-order valence-corrected chi connectivity index (χ1v) is 15.1. The molecule has 7 rings (SSSR count). The highest BCUT2D eigenvalue weighted by Crippen LogP contribution is 2.79. The van der Waals surface area contributed by atoms with Crippen molar-refractivity contribution in [3.05, 3.63) is 35.8 Å². The molecule has 39 heavy (non-hydrogen) atoms. The molecule has 8 nitrogen and oxygen atoms in total. The summed E-state index contributed by atoms with van der Waals surface area (Å²) >= 11 is 0. The summed E-state index contributed by atoms with van der Waals surface area (Å²) in [7, 11) is 0. The molecule has 6 unspecified atom stereocenters. The average molecular weight is 532 g/mol. The normalized spacial score (nSPS) is 32.9. The van der Waals surface area contributed by atoms with E-state index in [0.29, 0.717) is 41.5 Å². The number of carbonyl (C=O) groups excluding carboxylic acids is 3. The van der Waals surface area contributed by atoms with E-state index in [0.717, 1.165) is 43.1 Å². The second-order valence-corrected chi connectivity index (χ2v) is 13.5. The number of piperidine rings is 1. The Kier molecular flexibility index (Phi) is 6.01. The Morgan fingerprint density at radius 2 is 1.90 bits per heavy atom. The van der Waals surface area contributed by atoms with E-state index in [1.54, 1.807) is 0 Å². The molecule has 2 N–H and O–H groups in total. The van der Waals surface area contributed by atoms with Gasteiger partial charge in [-0.25, -0.2) is 4.98 Å². The second-order valence-electron chi connectivity index (χ2n) is 13.5. The number of imidazole rings is 1. The quantitative estimate of drug-likeness (QED) is 0.572. The van der Waals surface area contributed by atoms with E-state index in [1.165, 1.54) is 32.1 Å². The maximum atomic E-state index is 13.3. The first kappa shape index (κ1) is 25.1. The standard InChI is InChI=1S/C31H41N5O3/c1-18(2)29(38)34-23-6-8-35(9-7-23)28(37)13-24-17-36-26(4-3-5-27(36)33-24)30(39)32-16-21-10-19-12-25(19)31-14-20(21)11-22(31)15-31/h3-5,17-23,25H,6-16H2,1-2H3,(H,32,39)(H,34,38). The Morgan fingerprint density at radius 1 is 1.08 bits per heavy atom. The molecular weight excluding hydrogens is 490 g/mol. The molecule has 208 valence electrons. The zero-order valence-electron chi connectivity index (χ0n) is 23.2. The largest absolute Gasteiger partial charge is 0.353 e. The van der Waals surface area contributed by atoms with Gasteiger partial charge < -0.3 is 15.5 Å². The molecule has 2 bridgehead atoms. The molecule has 4 saturated carbocycles. The van der Waals surface area contributed by atoms with Crippen molar-refractivity contribution in [3.63, 3.8) is 0 Å². The molecule has 4 aliphatic carbocycles. The topological polar surface area (TPSA) is 95.8 Å². The molecule has 6 atom stereocenters. The number of nitrogens with one attached hydrogen (secondary N) is 2. The minimum Gasteiger partial charge on any atom is -0.353 e. The first-order valence-electron chi connectivity index (χ1n) is 15.1. The van der Waals surface area contributed by atoms with Crippen LogP contribution < -0.4 is 10.6 Å². The molecule has 2 aromatic rings. The Bertz CT molecular complexity index is 1310. The minimum atomic E-state index is -0.0594. The van der Waals surface area contributed by atoms with Crippen LogP contribution in [-0.2, 0) is 16.0 Å². The highest BCUT2D eigenvalue weighted by atomic mass is 16.2. The van der Waals surface area contributed by atoms with Crippen molar-refractivity contribution in [1.29, 1.82) is 0 Å². The molecule has 3 amide bonds. The second kappa shape index (κ2) is 9.34. The summed E-state index contributed by atoms with van der Waals surface area (Å²) < 4.78 is 1.83. The summed E-state index contributed by atoms with van der Waals surface area (Å²) in [4.78, 5) is 44.9. The summed E-state index contributed by atoms with van der Waals surface area (Å²) in [5, 5.41) is 6.35. The van der Waals surface area contributed by atoms with Gasteiger partial charge in [0.15, 0.2) is 0 Å². The number of carbonyl (C=O) groups is 3. The molecule has 5 aliphatic rings. The monoisotopic (exact) mass is 531 g/mol. The van der Waals surface area contributed by atoms with Crippen LogP contribution in [0.1, 0.15) is 75.0 Å². The molecule has 1 spiro atoms. The lowest BCUT2D eigenvalue weighted by molar-refractivity contribution is -0.131. The molecule has 1 aliphatic heterocycles. The molecule has 2 aromatic heterocycles. The number of hydrogen-bond acceptors (Lipinski definition) is 4. The van der Waals surface area contributed by atoms with Gasteiger partial charge >= 0.3 is 0 Å². The highest BCUT2D eigenvalue weighted by Gasteiger charge is 2.71. The van der Waals surface area contributed by atoms with Crippen LogP contribution in [0.3, 0.4) is 0 Å². The number of hydrogen-bond donors (Lipinski definition) is 2. The van der Waals surface area contributed by atoms with Gasteiger partial charge in [-0.2, -0.15) is 0 Å².